The van der Waals surface area contributed by atoms with E-state index in [9.17, 15) is 4.79 Å². The van der Waals surface area contributed by atoms with E-state index in [2.05, 4.69) is 11.9 Å². The lowest BCUT2D eigenvalue weighted by molar-refractivity contribution is -0.152. The molecular formula is C13H23NO3. The van der Waals surface area contributed by atoms with Crippen LogP contribution in [0.1, 0.15) is 52.9 Å². The van der Waals surface area contributed by atoms with Gasteiger partial charge < -0.3 is 9.47 Å². The molecule has 0 aliphatic carbocycles. The van der Waals surface area contributed by atoms with Gasteiger partial charge in [-0.25, -0.2) is 9.79 Å². The number of esters is 1. The highest BCUT2D eigenvalue weighted by Crippen LogP contribution is 2.20. The summed E-state index contributed by atoms with van der Waals surface area (Å²) in [5, 5.41) is 0. The second-order valence-corrected chi connectivity index (χ2v) is 4.36. The molecular weight excluding hydrogens is 218 g/mol. The predicted molar refractivity (Wildman–Crippen MR) is 67.2 cm³/mol. The fourth-order valence-corrected chi connectivity index (χ4v) is 2.02. The third-order valence-corrected chi connectivity index (χ3v) is 2.87. The number of unbranched alkanes of at least 4 members (excludes halogenated alkanes) is 3. The van der Waals surface area contributed by atoms with Crippen molar-refractivity contribution in [2.24, 2.45) is 4.99 Å². The average molecular weight is 241 g/mol. The molecule has 1 aliphatic rings. The standard InChI is InChI=1S/C13H23NO3/c1-4-6-7-8-9-11-12(13(15)16-5-2)17-10(3)14-11/h11-12H,4-9H2,1-3H3/t11-,12-/m0/s1. The predicted octanol–water partition coefficient (Wildman–Crippen LogP) is 2.71. The Bertz CT molecular complexity index is 276. The molecule has 4 heteroatoms. The monoisotopic (exact) mass is 241 g/mol. The molecule has 4 nitrogen and oxygen atoms in total. The van der Waals surface area contributed by atoms with Crippen molar-refractivity contribution >= 4 is 11.9 Å². The number of ether oxygens (including phenoxy) is 2. The van der Waals surface area contributed by atoms with Crippen molar-refractivity contribution in [1.29, 1.82) is 0 Å². The molecule has 0 bridgehead atoms. The van der Waals surface area contributed by atoms with Crippen LogP contribution >= 0.6 is 0 Å². The minimum Gasteiger partial charge on any atom is -0.464 e. The molecule has 0 fully saturated rings. The van der Waals surface area contributed by atoms with E-state index in [1.54, 1.807) is 13.8 Å². The molecule has 17 heavy (non-hydrogen) atoms. The summed E-state index contributed by atoms with van der Waals surface area (Å²) >= 11 is 0. The fourth-order valence-electron chi connectivity index (χ4n) is 2.02. The van der Waals surface area contributed by atoms with E-state index in [1.807, 2.05) is 0 Å². The van der Waals surface area contributed by atoms with Gasteiger partial charge in [-0.2, -0.15) is 0 Å². The van der Waals surface area contributed by atoms with Crippen molar-refractivity contribution in [3.63, 3.8) is 0 Å². The second-order valence-electron chi connectivity index (χ2n) is 4.36. The topological polar surface area (TPSA) is 47.9 Å². The molecule has 1 heterocycles. The molecule has 0 N–H and O–H groups in total. The third kappa shape index (κ3) is 4.36. The molecule has 98 valence electrons. The lowest BCUT2D eigenvalue weighted by atomic mass is 10.0. The maximum atomic E-state index is 11.7. The number of hydrogen-bond acceptors (Lipinski definition) is 4. The van der Waals surface area contributed by atoms with Gasteiger partial charge in [-0.3, -0.25) is 0 Å². The third-order valence-electron chi connectivity index (χ3n) is 2.87. The van der Waals surface area contributed by atoms with Crippen LogP contribution in [0.15, 0.2) is 4.99 Å². The van der Waals surface area contributed by atoms with Gasteiger partial charge in [0.05, 0.1) is 6.61 Å². The molecule has 0 unspecified atom stereocenters. The van der Waals surface area contributed by atoms with Crippen LogP contribution in [0.25, 0.3) is 0 Å². The van der Waals surface area contributed by atoms with Crippen LogP contribution in [0.3, 0.4) is 0 Å². The maximum Gasteiger partial charge on any atom is 0.349 e. The van der Waals surface area contributed by atoms with Crippen LogP contribution in [0.5, 0.6) is 0 Å². The summed E-state index contributed by atoms with van der Waals surface area (Å²) in [4.78, 5) is 16.0. The largest absolute Gasteiger partial charge is 0.464 e. The lowest BCUT2D eigenvalue weighted by Gasteiger charge is -2.15. The van der Waals surface area contributed by atoms with Gasteiger partial charge in [-0.05, 0) is 13.3 Å². The summed E-state index contributed by atoms with van der Waals surface area (Å²) in [7, 11) is 0. The maximum absolute atomic E-state index is 11.7. The van der Waals surface area contributed by atoms with Gasteiger partial charge in [0.15, 0.2) is 5.90 Å². The summed E-state index contributed by atoms with van der Waals surface area (Å²) in [5.41, 5.74) is 0. The van der Waals surface area contributed by atoms with Crippen LogP contribution in [-0.4, -0.2) is 30.6 Å². The quantitative estimate of drug-likeness (QED) is 0.508. The van der Waals surface area contributed by atoms with Crippen molar-refractivity contribution in [3.8, 4) is 0 Å². The van der Waals surface area contributed by atoms with Crippen molar-refractivity contribution in [2.75, 3.05) is 6.61 Å². The minimum atomic E-state index is -0.517. The summed E-state index contributed by atoms with van der Waals surface area (Å²) < 4.78 is 10.4. The van der Waals surface area contributed by atoms with Crippen LogP contribution in [0.2, 0.25) is 0 Å². The first-order valence-corrected chi connectivity index (χ1v) is 6.56. The van der Waals surface area contributed by atoms with Crippen molar-refractivity contribution in [1.82, 2.24) is 0 Å². The number of carbonyl (C=O) groups is 1. The molecule has 0 saturated heterocycles. The number of carbonyl (C=O) groups excluding carboxylic acids is 1. The average Bonchev–Trinajstić information content (AvgIpc) is 2.66. The molecule has 1 rings (SSSR count). The fraction of sp³-hybridized carbons (Fsp3) is 0.846. The second kappa shape index (κ2) is 7.30. The zero-order valence-electron chi connectivity index (χ0n) is 11.1. The minimum absolute atomic E-state index is 0.0501. The number of hydrogen-bond donors (Lipinski definition) is 0. The summed E-state index contributed by atoms with van der Waals surface area (Å²) in [6.07, 6.45) is 5.12. The first-order chi connectivity index (χ1) is 8.19. The Hall–Kier alpha value is -1.06. The van der Waals surface area contributed by atoms with Crippen LogP contribution in [0, 0.1) is 0 Å². The van der Waals surface area contributed by atoms with Gasteiger partial charge >= 0.3 is 5.97 Å². The van der Waals surface area contributed by atoms with E-state index in [0.717, 1.165) is 12.8 Å². The van der Waals surface area contributed by atoms with Crippen LogP contribution in [0.4, 0.5) is 0 Å². The van der Waals surface area contributed by atoms with E-state index in [4.69, 9.17) is 9.47 Å². The highest BCUT2D eigenvalue weighted by Gasteiger charge is 2.35. The van der Waals surface area contributed by atoms with E-state index < -0.39 is 6.10 Å². The van der Waals surface area contributed by atoms with Crippen molar-refractivity contribution < 1.29 is 14.3 Å². The Kier molecular flexibility index (Phi) is 6.01. The van der Waals surface area contributed by atoms with Crippen molar-refractivity contribution in [3.05, 3.63) is 0 Å². The molecule has 0 aromatic rings. The zero-order valence-corrected chi connectivity index (χ0v) is 11.1. The first-order valence-electron chi connectivity index (χ1n) is 6.56. The smallest absolute Gasteiger partial charge is 0.349 e. The molecule has 1 aliphatic heterocycles. The number of nitrogens with zero attached hydrogens (tertiary/aromatic N) is 1. The van der Waals surface area contributed by atoms with Gasteiger partial charge in [0.25, 0.3) is 0 Å². The SMILES string of the molecule is CCCCCC[C@@H]1N=C(C)O[C@@H]1C(=O)OCC. The van der Waals surface area contributed by atoms with Gasteiger partial charge in [0.1, 0.15) is 6.04 Å². The Morgan fingerprint density at radius 2 is 2.12 bits per heavy atom. The molecule has 0 saturated carbocycles. The number of aliphatic imine (C=N–C) groups is 1. The van der Waals surface area contributed by atoms with E-state index in [0.29, 0.717) is 12.5 Å². The molecule has 0 aromatic carbocycles. The zero-order chi connectivity index (χ0) is 12.7. The van der Waals surface area contributed by atoms with Gasteiger partial charge in [0.2, 0.25) is 6.10 Å². The van der Waals surface area contributed by atoms with Gasteiger partial charge in [-0.15, -0.1) is 0 Å². The van der Waals surface area contributed by atoms with Gasteiger partial charge in [0, 0.05) is 6.92 Å². The van der Waals surface area contributed by atoms with Crippen LogP contribution < -0.4 is 0 Å². The summed E-state index contributed by atoms with van der Waals surface area (Å²) in [6, 6.07) is -0.0501. The first kappa shape index (κ1) is 14.0. The molecule has 0 spiro atoms. The molecule has 0 radical (unpaired) electrons. The Morgan fingerprint density at radius 3 is 2.76 bits per heavy atom. The van der Waals surface area contributed by atoms with E-state index >= 15 is 0 Å². The molecule has 0 amide bonds. The molecule has 0 aromatic heterocycles. The summed E-state index contributed by atoms with van der Waals surface area (Å²) in [6.45, 7) is 6.16. The lowest BCUT2D eigenvalue weighted by Crippen LogP contribution is -2.33. The Labute approximate surface area is 103 Å². The van der Waals surface area contributed by atoms with Crippen LogP contribution in [-0.2, 0) is 14.3 Å². The molecule has 2 atom stereocenters. The highest BCUT2D eigenvalue weighted by molar-refractivity contribution is 5.84. The van der Waals surface area contributed by atoms with Crippen molar-refractivity contribution in [2.45, 2.75) is 65.0 Å². The number of rotatable bonds is 7. The summed E-state index contributed by atoms with van der Waals surface area (Å²) in [5.74, 6) is 0.317. The van der Waals surface area contributed by atoms with Gasteiger partial charge in [-0.1, -0.05) is 32.6 Å². The van der Waals surface area contributed by atoms with E-state index in [1.165, 1.54) is 19.3 Å². The highest BCUT2D eigenvalue weighted by atomic mass is 16.6. The van der Waals surface area contributed by atoms with E-state index in [-0.39, 0.29) is 12.0 Å². The Morgan fingerprint density at radius 1 is 1.35 bits per heavy atom. The normalized spacial score (nSPS) is 23.1. The Balaban J connectivity index is 2.40.